The minimum absolute atomic E-state index is 0.0280. The number of aliphatic carboxylic acids is 1. The van der Waals surface area contributed by atoms with E-state index in [1.807, 2.05) is 21.1 Å². The van der Waals surface area contributed by atoms with E-state index in [9.17, 15) is 19.5 Å². The fourth-order valence-electron chi connectivity index (χ4n) is 5.31. The maximum absolute atomic E-state index is 12.7. The van der Waals surface area contributed by atoms with E-state index in [0.717, 1.165) is 89.9 Å². The van der Waals surface area contributed by atoms with Crippen molar-refractivity contribution in [1.82, 2.24) is 0 Å². The quantitative estimate of drug-likeness (QED) is 0.0297. The summed E-state index contributed by atoms with van der Waals surface area (Å²) in [6, 6.07) is -0.632. The number of ether oxygens (including phenoxy) is 3. The van der Waals surface area contributed by atoms with Gasteiger partial charge in [-0.25, -0.2) is 4.79 Å². The van der Waals surface area contributed by atoms with Crippen molar-refractivity contribution >= 4 is 17.9 Å². The highest BCUT2D eigenvalue weighted by Gasteiger charge is 2.31. The van der Waals surface area contributed by atoms with Crippen molar-refractivity contribution in [3.63, 3.8) is 0 Å². The van der Waals surface area contributed by atoms with Gasteiger partial charge in [0.25, 0.3) is 0 Å². The van der Waals surface area contributed by atoms with Gasteiger partial charge in [0.15, 0.2) is 12.1 Å². The van der Waals surface area contributed by atoms with Crippen molar-refractivity contribution in [2.75, 3.05) is 41.0 Å². The van der Waals surface area contributed by atoms with Gasteiger partial charge in [-0.1, -0.05) is 117 Å². The molecule has 0 fully saturated rings. The molecule has 0 heterocycles. The van der Waals surface area contributed by atoms with Crippen molar-refractivity contribution in [2.24, 2.45) is 0 Å². The average molecular weight is 767 g/mol. The van der Waals surface area contributed by atoms with E-state index in [-0.39, 0.29) is 42.7 Å². The number of carbonyl (C=O) groups excluding carboxylic acids is 2. The van der Waals surface area contributed by atoms with Crippen LogP contribution in [0.3, 0.4) is 0 Å². The fraction of sp³-hybridized carbons (Fsp3) is 0.596. The van der Waals surface area contributed by atoms with Crippen LogP contribution in [0.25, 0.3) is 0 Å². The lowest BCUT2D eigenvalue weighted by Crippen LogP contribution is -2.50. The molecule has 0 aromatic heterocycles. The second kappa shape index (κ2) is 37.2. The molecule has 0 bridgehead atoms. The van der Waals surface area contributed by atoms with Gasteiger partial charge < -0.3 is 23.8 Å². The zero-order valence-corrected chi connectivity index (χ0v) is 35.1. The number of allylic oxidation sites excluding steroid dienone is 16. The van der Waals surface area contributed by atoms with E-state index in [1.165, 1.54) is 0 Å². The highest BCUT2D eigenvalue weighted by molar-refractivity contribution is 5.72. The van der Waals surface area contributed by atoms with Crippen LogP contribution in [0.5, 0.6) is 0 Å². The number of unbranched alkanes of at least 4 members (excludes halogenated alkanes) is 5. The van der Waals surface area contributed by atoms with Crippen LogP contribution in [0.15, 0.2) is 97.2 Å². The summed E-state index contributed by atoms with van der Waals surface area (Å²) < 4.78 is 17.2. The van der Waals surface area contributed by atoms with Gasteiger partial charge in [-0.05, 0) is 89.9 Å². The van der Waals surface area contributed by atoms with Crippen molar-refractivity contribution in [3.8, 4) is 0 Å². The molecule has 0 spiro atoms. The van der Waals surface area contributed by atoms with Crippen molar-refractivity contribution in [2.45, 2.75) is 142 Å². The van der Waals surface area contributed by atoms with E-state index in [4.69, 9.17) is 14.2 Å². The molecule has 0 saturated carbocycles. The monoisotopic (exact) mass is 767 g/mol. The molecule has 1 N–H and O–H groups in total. The lowest BCUT2D eigenvalue weighted by atomic mass is 10.1. The first-order valence-electron chi connectivity index (χ1n) is 20.8. The number of quaternary nitrogens is 1. The van der Waals surface area contributed by atoms with Gasteiger partial charge in [0.2, 0.25) is 0 Å². The van der Waals surface area contributed by atoms with Crippen LogP contribution in [0.4, 0.5) is 0 Å². The topological polar surface area (TPSA) is 99.1 Å². The van der Waals surface area contributed by atoms with Crippen LogP contribution in [0, 0.1) is 0 Å². The van der Waals surface area contributed by atoms with Crippen molar-refractivity contribution < 1.29 is 38.2 Å². The Morgan fingerprint density at radius 3 is 1.42 bits per heavy atom. The molecule has 2 unspecified atom stereocenters. The molecule has 0 radical (unpaired) electrons. The van der Waals surface area contributed by atoms with Crippen LogP contribution in [0.2, 0.25) is 0 Å². The number of rotatable bonds is 35. The third kappa shape index (κ3) is 35.7. The third-order valence-corrected chi connectivity index (χ3v) is 8.48. The van der Waals surface area contributed by atoms with Crippen LogP contribution < -0.4 is 0 Å². The molecule has 0 aromatic carbocycles. The number of hydrogen-bond acceptors (Lipinski definition) is 6. The summed E-state index contributed by atoms with van der Waals surface area (Å²) in [5, 5.41) is 9.60. The van der Waals surface area contributed by atoms with Gasteiger partial charge in [0.05, 0.1) is 34.4 Å². The third-order valence-electron chi connectivity index (χ3n) is 8.48. The molecule has 0 aliphatic heterocycles. The summed E-state index contributed by atoms with van der Waals surface area (Å²) in [5.74, 6) is -1.58. The SMILES string of the molecule is CC/C=C/C/C=C/C/C=C/C/C=C/C/C=C/CCCCCC(=O)OCC(COCCC(C(=O)O)[N+](C)(C)C)OC(=O)CCCC/C=C/C/C=C/C/C=C/CC. The Bertz CT molecular complexity index is 1220. The fourth-order valence-corrected chi connectivity index (χ4v) is 5.31. The standard InChI is InChI=1S/C47H75NO7/c1-6-8-10-12-14-16-18-20-21-22-23-24-25-26-28-29-31-33-35-37-45(49)54-42-43(41-53-40-39-44(47(51)52)48(3,4)5)55-46(50)38-36-34-32-30-27-19-17-15-13-11-9-7-2/h8-11,14-17,20-21,23-24,26-28,30,43-44H,6-7,12-13,18-19,22,25,29,31-42H2,1-5H3/p+1/b10-8+,11-9+,16-14+,17-15+,21-20+,24-23+,28-26+,30-27+. The first-order valence-corrected chi connectivity index (χ1v) is 20.8. The highest BCUT2D eigenvalue weighted by atomic mass is 16.6. The summed E-state index contributed by atoms with van der Waals surface area (Å²) in [6.45, 7) is 4.39. The normalized spacial score (nSPS) is 14.0. The largest absolute Gasteiger partial charge is 0.477 e. The van der Waals surface area contributed by atoms with Gasteiger partial charge in [-0.3, -0.25) is 9.59 Å². The number of likely N-dealkylation sites (N-methyl/N-ethyl adjacent to an activating group) is 1. The van der Waals surface area contributed by atoms with E-state index < -0.39 is 18.1 Å². The second-order valence-electron chi connectivity index (χ2n) is 14.5. The maximum atomic E-state index is 12.7. The molecule has 0 rings (SSSR count). The van der Waals surface area contributed by atoms with Crippen LogP contribution >= 0.6 is 0 Å². The molecule has 55 heavy (non-hydrogen) atoms. The maximum Gasteiger partial charge on any atom is 0.362 e. The molecule has 310 valence electrons. The molecule has 0 aliphatic carbocycles. The first-order chi connectivity index (χ1) is 26.6. The predicted molar refractivity (Wildman–Crippen MR) is 229 cm³/mol. The zero-order chi connectivity index (χ0) is 40.7. The summed E-state index contributed by atoms with van der Waals surface area (Å²) in [4.78, 5) is 36.9. The summed E-state index contributed by atoms with van der Waals surface area (Å²) in [5.41, 5.74) is 0. The van der Waals surface area contributed by atoms with Gasteiger partial charge in [0, 0.05) is 19.3 Å². The van der Waals surface area contributed by atoms with E-state index >= 15 is 0 Å². The Labute approximate surface area is 335 Å². The molecular weight excluding hydrogens is 691 g/mol. The number of carboxylic acid groups (broad SMARTS) is 1. The summed E-state index contributed by atoms with van der Waals surface area (Å²) in [6.07, 6.45) is 48.9. The Balaban J connectivity index is 4.48. The number of nitrogens with zero attached hydrogens (tertiary/aromatic N) is 1. The second-order valence-corrected chi connectivity index (χ2v) is 14.5. The molecule has 0 aromatic rings. The van der Waals surface area contributed by atoms with Gasteiger partial charge >= 0.3 is 17.9 Å². The van der Waals surface area contributed by atoms with Gasteiger partial charge in [-0.15, -0.1) is 0 Å². The van der Waals surface area contributed by atoms with Crippen molar-refractivity contribution in [3.05, 3.63) is 97.2 Å². The van der Waals surface area contributed by atoms with Crippen molar-refractivity contribution in [1.29, 1.82) is 0 Å². The number of carboxylic acids is 1. The number of esters is 2. The van der Waals surface area contributed by atoms with E-state index in [2.05, 4.69) is 111 Å². The highest BCUT2D eigenvalue weighted by Crippen LogP contribution is 2.11. The smallest absolute Gasteiger partial charge is 0.362 e. The number of hydrogen-bond donors (Lipinski definition) is 1. The Kier molecular flexibility index (Phi) is 34.7. The molecule has 8 nitrogen and oxygen atoms in total. The van der Waals surface area contributed by atoms with E-state index in [1.54, 1.807) is 0 Å². The molecule has 0 amide bonds. The Hall–Kier alpha value is -3.75. The van der Waals surface area contributed by atoms with Gasteiger partial charge in [-0.2, -0.15) is 0 Å². The molecule has 0 saturated heterocycles. The Morgan fingerprint density at radius 2 is 0.964 bits per heavy atom. The minimum atomic E-state index is -0.892. The molecule has 2 atom stereocenters. The van der Waals surface area contributed by atoms with Crippen LogP contribution in [0.1, 0.15) is 129 Å². The number of carbonyl (C=O) groups is 3. The Morgan fingerprint density at radius 1 is 0.545 bits per heavy atom. The zero-order valence-electron chi connectivity index (χ0n) is 35.1. The lowest BCUT2D eigenvalue weighted by molar-refractivity contribution is -0.887. The molecule has 0 aliphatic rings. The minimum Gasteiger partial charge on any atom is -0.477 e. The predicted octanol–water partition coefficient (Wildman–Crippen LogP) is 11.1. The first kappa shape index (κ1) is 51.2. The van der Waals surface area contributed by atoms with Crippen LogP contribution in [-0.4, -0.2) is 80.6 Å². The van der Waals surface area contributed by atoms with Crippen LogP contribution in [-0.2, 0) is 28.6 Å². The average Bonchev–Trinajstić information content (AvgIpc) is 3.14. The van der Waals surface area contributed by atoms with E-state index in [0.29, 0.717) is 19.3 Å². The lowest BCUT2D eigenvalue weighted by Gasteiger charge is -2.31. The molecule has 8 heteroatoms. The van der Waals surface area contributed by atoms with Gasteiger partial charge in [0.1, 0.15) is 6.61 Å². The molecular formula is C47H76NO7+. The summed E-state index contributed by atoms with van der Waals surface area (Å²) >= 11 is 0. The summed E-state index contributed by atoms with van der Waals surface area (Å²) in [7, 11) is 5.48.